The monoisotopic (exact) mass is 72.0 g/mol. The Morgan fingerprint density at radius 1 is 1.20 bits per heavy atom. The molecule has 0 aliphatic heterocycles. The second kappa shape index (κ2) is 3.14. The Kier molecular flexibility index (Phi) is 2.60. The topological polar surface area (TPSA) is 34.0 Å². The normalized spacial score (nSPS) is 5.60. The highest BCUT2D eigenvalue weighted by atomic mass is 16.8. The van der Waals surface area contributed by atoms with Crippen LogP contribution in [0.15, 0.2) is 10.3 Å². The van der Waals surface area contributed by atoms with Crippen molar-refractivity contribution in [1.29, 1.82) is 0 Å². The van der Waals surface area contributed by atoms with Gasteiger partial charge in [0.05, 0.1) is 0 Å². The Morgan fingerprint density at radius 3 is 1.60 bits per heavy atom. The van der Waals surface area contributed by atoms with Gasteiger partial charge < -0.3 is 0 Å². The summed E-state index contributed by atoms with van der Waals surface area (Å²) in [6.45, 7) is 5.89. The summed E-state index contributed by atoms with van der Waals surface area (Å²) in [5.74, 6) is 0. The third-order valence-corrected chi connectivity index (χ3v) is 0.115. The summed E-state index contributed by atoms with van der Waals surface area (Å²) in [6, 6.07) is 0. The molecule has 28 valence electrons. The molecule has 5 heavy (non-hydrogen) atoms. The standard InChI is InChI=1S/C2H4N2O/c1-3-5-4-2/h1-2H2. The summed E-state index contributed by atoms with van der Waals surface area (Å²) in [4.78, 5) is 3.86. The zero-order valence-electron chi connectivity index (χ0n) is 2.72. The van der Waals surface area contributed by atoms with E-state index in [0.29, 0.717) is 0 Å². The summed E-state index contributed by atoms with van der Waals surface area (Å²) >= 11 is 0. The van der Waals surface area contributed by atoms with Crippen molar-refractivity contribution in [3.05, 3.63) is 0 Å². The molecule has 0 N–H and O–H groups in total. The summed E-state index contributed by atoms with van der Waals surface area (Å²) in [7, 11) is 0. The van der Waals surface area contributed by atoms with Crippen LogP contribution >= 0.6 is 0 Å². The van der Waals surface area contributed by atoms with E-state index >= 15 is 0 Å². The lowest BCUT2D eigenvalue weighted by Gasteiger charge is -1.71. The van der Waals surface area contributed by atoms with Crippen LogP contribution in [0.3, 0.4) is 0 Å². The van der Waals surface area contributed by atoms with Crippen molar-refractivity contribution in [2.24, 2.45) is 10.3 Å². The first kappa shape index (κ1) is 4.14. The molecule has 0 unspecified atom stereocenters. The van der Waals surface area contributed by atoms with Crippen molar-refractivity contribution >= 4 is 13.4 Å². The Hall–Kier alpha value is -0.860. The van der Waals surface area contributed by atoms with Crippen molar-refractivity contribution in [2.45, 2.75) is 0 Å². The Bertz CT molecular complexity index is 36.9. The van der Waals surface area contributed by atoms with Crippen molar-refractivity contribution in [3.8, 4) is 0 Å². The maximum Gasteiger partial charge on any atom is 0.0333 e. The average molecular weight is 72.1 g/mol. The number of nitrogens with zero attached hydrogens (tertiary/aromatic N) is 2. The van der Waals surface area contributed by atoms with E-state index in [-0.39, 0.29) is 0 Å². The second-order valence-corrected chi connectivity index (χ2v) is 0.340. The lowest BCUT2D eigenvalue weighted by Crippen LogP contribution is -1.55. The van der Waals surface area contributed by atoms with Crippen molar-refractivity contribution < 1.29 is 4.94 Å². The third-order valence-electron chi connectivity index (χ3n) is 0.115. The SMILES string of the molecule is C=NON=C. The van der Waals surface area contributed by atoms with E-state index in [1.807, 2.05) is 0 Å². The molecule has 0 aromatic heterocycles. The third kappa shape index (κ3) is 3.14. The molecule has 0 radical (unpaired) electrons. The maximum atomic E-state index is 3.86. The first-order valence-electron chi connectivity index (χ1n) is 0.998. The van der Waals surface area contributed by atoms with E-state index in [4.69, 9.17) is 0 Å². The minimum Gasteiger partial charge on any atom is -0.246 e. The van der Waals surface area contributed by atoms with Gasteiger partial charge in [0.1, 0.15) is 0 Å². The van der Waals surface area contributed by atoms with Crippen LogP contribution in [0.25, 0.3) is 0 Å². The fourth-order valence-corrected chi connectivity index (χ4v) is 0.0408. The van der Waals surface area contributed by atoms with Crippen molar-refractivity contribution in [2.75, 3.05) is 0 Å². The maximum absolute atomic E-state index is 3.86. The molecule has 0 saturated carbocycles. The molecule has 0 atom stereocenters. The zero-order chi connectivity index (χ0) is 4.12. The molecule has 0 rings (SSSR count). The Labute approximate surface area is 29.9 Å². The van der Waals surface area contributed by atoms with E-state index in [0.717, 1.165) is 0 Å². The number of oxime groups is 2. The van der Waals surface area contributed by atoms with Crippen molar-refractivity contribution in [3.63, 3.8) is 0 Å². The van der Waals surface area contributed by atoms with Gasteiger partial charge in [0.25, 0.3) is 0 Å². The minimum atomic E-state index is 2.88. The van der Waals surface area contributed by atoms with Gasteiger partial charge in [-0.2, -0.15) is 0 Å². The fraction of sp³-hybridized carbons (Fsp3) is 0. The zero-order valence-corrected chi connectivity index (χ0v) is 2.72. The molecule has 0 saturated heterocycles. The van der Waals surface area contributed by atoms with Crippen molar-refractivity contribution in [1.82, 2.24) is 0 Å². The number of hydrogen-bond donors (Lipinski definition) is 0. The summed E-state index contributed by atoms with van der Waals surface area (Å²) in [5, 5.41) is 5.75. The second-order valence-electron chi connectivity index (χ2n) is 0.340. The van der Waals surface area contributed by atoms with Crippen LogP contribution in [-0.2, 0) is 4.94 Å². The predicted molar refractivity (Wildman–Crippen MR) is 20.2 cm³/mol. The van der Waals surface area contributed by atoms with E-state index in [9.17, 15) is 0 Å². The van der Waals surface area contributed by atoms with Gasteiger partial charge >= 0.3 is 0 Å². The molecule has 0 aliphatic rings. The van der Waals surface area contributed by atoms with Gasteiger partial charge in [0.15, 0.2) is 0 Å². The minimum absolute atomic E-state index is 2.88. The van der Waals surface area contributed by atoms with Crippen LogP contribution in [-0.4, -0.2) is 13.4 Å². The molecule has 0 aliphatic carbocycles. The molecule has 3 heteroatoms. The molecule has 0 amide bonds. The van der Waals surface area contributed by atoms with Gasteiger partial charge in [0, 0.05) is 13.4 Å². The van der Waals surface area contributed by atoms with Crippen LogP contribution < -0.4 is 0 Å². The van der Waals surface area contributed by atoms with Gasteiger partial charge in [-0.1, -0.05) is 10.3 Å². The van der Waals surface area contributed by atoms with Gasteiger partial charge in [-0.3, -0.25) is 0 Å². The smallest absolute Gasteiger partial charge is 0.0333 e. The lowest BCUT2D eigenvalue weighted by atomic mass is 11.7. The molecule has 0 aromatic carbocycles. The van der Waals surface area contributed by atoms with E-state index in [1.165, 1.54) is 0 Å². The largest absolute Gasteiger partial charge is 0.246 e. The lowest BCUT2D eigenvalue weighted by molar-refractivity contribution is 0.161. The first-order chi connectivity index (χ1) is 2.41. The highest BCUT2D eigenvalue weighted by Gasteiger charge is 1.46. The first-order valence-corrected chi connectivity index (χ1v) is 0.998. The summed E-state index contributed by atoms with van der Waals surface area (Å²) < 4.78 is 0. The molecular formula is C2H4N2O. The quantitative estimate of drug-likeness (QED) is 0.339. The molecule has 3 nitrogen and oxygen atoms in total. The fourth-order valence-electron chi connectivity index (χ4n) is 0.0408. The average Bonchev–Trinajstić information content (AvgIpc) is 1.41. The van der Waals surface area contributed by atoms with Gasteiger partial charge in [-0.15, -0.1) is 0 Å². The van der Waals surface area contributed by atoms with Gasteiger partial charge in [0.2, 0.25) is 0 Å². The van der Waals surface area contributed by atoms with E-state index in [2.05, 4.69) is 28.7 Å². The van der Waals surface area contributed by atoms with E-state index < -0.39 is 0 Å². The molecule has 0 aromatic rings. The highest BCUT2D eigenvalue weighted by Crippen LogP contribution is 1.63. The molecule has 0 fully saturated rings. The number of hydrogen-bond acceptors (Lipinski definition) is 3. The van der Waals surface area contributed by atoms with Gasteiger partial charge in [-0.25, -0.2) is 4.94 Å². The molecule has 0 bridgehead atoms. The molecule has 0 spiro atoms. The van der Waals surface area contributed by atoms with Crippen LogP contribution in [0.5, 0.6) is 0 Å². The van der Waals surface area contributed by atoms with Crippen LogP contribution in [0.2, 0.25) is 0 Å². The molecule has 0 heterocycles. The van der Waals surface area contributed by atoms with Gasteiger partial charge in [-0.05, 0) is 0 Å². The number of rotatable bonds is 2. The Balaban J connectivity index is 2.65. The van der Waals surface area contributed by atoms with E-state index in [1.54, 1.807) is 0 Å². The summed E-state index contributed by atoms with van der Waals surface area (Å²) in [6.07, 6.45) is 0. The summed E-state index contributed by atoms with van der Waals surface area (Å²) in [5.41, 5.74) is 0. The molecular weight excluding hydrogens is 68.0 g/mol. The van der Waals surface area contributed by atoms with Crippen LogP contribution in [0.1, 0.15) is 0 Å². The predicted octanol–water partition coefficient (Wildman–Crippen LogP) is 0.234. The van der Waals surface area contributed by atoms with Crippen LogP contribution in [0.4, 0.5) is 0 Å². The van der Waals surface area contributed by atoms with Crippen LogP contribution in [0, 0.1) is 0 Å². The Morgan fingerprint density at radius 2 is 1.60 bits per heavy atom. The highest BCUT2D eigenvalue weighted by molar-refractivity contribution is 5.23.